The molecule has 1 rings (SSSR count). The average molecular weight is 293 g/mol. The van der Waals surface area contributed by atoms with Crippen molar-refractivity contribution >= 4 is 6.03 Å². The van der Waals surface area contributed by atoms with Crippen molar-refractivity contribution < 1.29 is 27.4 Å². The molecule has 0 aliphatic carbocycles. The lowest BCUT2D eigenvalue weighted by molar-refractivity contribution is -0.207. The van der Waals surface area contributed by atoms with Crippen LogP contribution in [0.2, 0.25) is 0 Å². The van der Waals surface area contributed by atoms with Crippen LogP contribution in [0, 0.1) is 0 Å². The third-order valence-corrected chi connectivity index (χ3v) is 2.21. The van der Waals surface area contributed by atoms with E-state index in [-0.39, 0.29) is 12.4 Å². The Labute approximate surface area is 113 Å². The number of ether oxygens (including phenoxy) is 2. The van der Waals surface area contributed by atoms with E-state index in [1.165, 1.54) is 18.3 Å². The predicted molar refractivity (Wildman–Crippen MR) is 63.0 cm³/mol. The van der Waals surface area contributed by atoms with Gasteiger partial charge in [0.1, 0.15) is 0 Å². The number of methoxy groups -OCH3 is 1. The van der Waals surface area contributed by atoms with Gasteiger partial charge in [-0.15, -0.1) is 0 Å². The number of nitrogens with zero attached hydrogens (tertiary/aromatic N) is 1. The molecule has 0 fully saturated rings. The molecule has 112 valence electrons. The lowest BCUT2D eigenvalue weighted by Crippen LogP contribution is -2.38. The summed E-state index contributed by atoms with van der Waals surface area (Å²) >= 11 is 0. The molecule has 0 saturated carbocycles. The average Bonchev–Trinajstić information content (AvgIpc) is 2.35. The molecule has 0 aliphatic heterocycles. The van der Waals surface area contributed by atoms with Crippen LogP contribution in [0.25, 0.3) is 0 Å². The SMILES string of the molecule is COCC(Oc1cc(CNC(N)=O)ccn1)C(F)(F)F. The number of aromatic nitrogens is 1. The second-order valence-electron chi connectivity index (χ2n) is 3.82. The molecule has 0 aromatic carbocycles. The Morgan fingerprint density at radius 3 is 2.80 bits per heavy atom. The summed E-state index contributed by atoms with van der Waals surface area (Å²) in [7, 11) is 1.14. The smallest absolute Gasteiger partial charge is 0.427 e. The van der Waals surface area contributed by atoms with Gasteiger partial charge in [-0.05, 0) is 11.6 Å². The Hall–Kier alpha value is -2.03. The predicted octanol–water partition coefficient (Wildman–Crippen LogP) is 1.21. The maximum absolute atomic E-state index is 12.6. The Balaban J connectivity index is 2.75. The molecular formula is C11H14F3N3O3. The highest BCUT2D eigenvalue weighted by Gasteiger charge is 2.42. The van der Waals surface area contributed by atoms with Gasteiger partial charge >= 0.3 is 12.2 Å². The normalized spacial score (nSPS) is 12.8. The van der Waals surface area contributed by atoms with E-state index in [0.717, 1.165) is 7.11 Å². The van der Waals surface area contributed by atoms with Gasteiger partial charge in [-0.25, -0.2) is 9.78 Å². The fourth-order valence-corrected chi connectivity index (χ4v) is 1.31. The highest BCUT2D eigenvalue weighted by molar-refractivity contribution is 5.71. The van der Waals surface area contributed by atoms with E-state index in [0.29, 0.717) is 5.56 Å². The number of amides is 2. The minimum Gasteiger partial charge on any atom is -0.462 e. The molecule has 0 saturated heterocycles. The van der Waals surface area contributed by atoms with Gasteiger partial charge in [0.2, 0.25) is 12.0 Å². The van der Waals surface area contributed by atoms with E-state index in [2.05, 4.69) is 15.0 Å². The molecule has 2 amide bonds. The molecule has 1 aromatic rings. The zero-order valence-corrected chi connectivity index (χ0v) is 10.6. The summed E-state index contributed by atoms with van der Waals surface area (Å²) in [6.45, 7) is -0.579. The van der Waals surface area contributed by atoms with E-state index in [9.17, 15) is 18.0 Å². The van der Waals surface area contributed by atoms with Crippen LogP contribution >= 0.6 is 0 Å². The van der Waals surface area contributed by atoms with Crippen molar-refractivity contribution in [2.75, 3.05) is 13.7 Å². The Bertz CT molecular complexity index is 454. The summed E-state index contributed by atoms with van der Waals surface area (Å²) in [5.74, 6) is -0.215. The monoisotopic (exact) mass is 293 g/mol. The number of nitrogens with one attached hydrogen (secondary N) is 1. The number of nitrogens with two attached hydrogens (primary N) is 1. The first kappa shape index (κ1) is 16.0. The highest BCUT2D eigenvalue weighted by Crippen LogP contribution is 2.24. The number of carbonyl (C=O) groups excluding carboxylic acids is 1. The first-order valence-corrected chi connectivity index (χ1v) is 5.53. The van der Waals surface area contributed by atoms with E-state index >= 15 is 0 Å². The molecular weight excluding hydrogens is 279 g/mol. The molecule has 1 unspecified atom stereocenters. The van der Waals surface area contributed by atoms with Gasteiger partial charge in [-0.1, -0.05) is 0 Å². The van der Waals surface area contributed by atoms with Crippen molar-refractivity contribution in [2.45, 2.75) is 18.8 Å². The second-order valence-corrected chi connectivity index (χ2v) is 3.82. The number of pyridine rings is 1. The standard InChI is InChI=1S/C11H14F3N3O3/c1-19-6-8(11(12,13)14)20-9-4-7(2-3-16-9)5-17-10(15)18/h2-4,8H,5-6H2,1H3,(H3,15,17,18). The number of hydrogen-bond donors (Lipinski definition) is 2. The summed E-state index contributed by atoms with van der Waals surface area (Å²) in [4.78, 5) is 14.2. The number of alkyl halides is 3. The molecule has 0 spiro atoms. The third-order valence-electron chi connectivity index (χ3n) is 2.21. The topological polar surface area (TPSA) is 86.5 Å². The van der Waals surface area contributed by atoms with Gasteiger partial charge in [0.05, 0.1) is 6.61 Å². The Morgan fingerprint density at radius 2 is 2.25 bits per heavy atom. The van der Waals surface area contributed by atoms with E-state index in [1.807, 2.05) is 0 Å². The molecule has 1 aromatic heterocycles. The summed E-state index contributed by atoms with van der Waals surface area (Å²) in [5, 5.41) is 2.31. The van der Waals surface area contributed by atoms with Gasteiger partial charge in [0.25, 0.3) is 0 Å². The summed E-state index contributed by atoms with van der Waals surface area (Å²) < 4.78 is 47.1. The zero-order valence-electron chi connectivity index (χ0n) is 10.6. The molecule has 0 bridgehead atoms. The van der Waals surface area contributed by atoms with Crippen LogP contribution in [0.5, 0.6) is 5.88 Å². The van der Waals surface area contributed by atoms with Crippen molar-refractivity contribution in [1.29, 1.82) is 0 Å². The van der Waals surface area contributed by atoms with E-state index in [4.69, 9.17) is 10.5 Å². The zero-order chi connectivity index (χ0) is 15.2. The molecule has 9 heteroatoms. The highest BCUT2D eigenvalue weighted by atomic mass is 19.4. The number of halogens is 3. The Morgan fingerprint density at radius 1 is 1.55 bits per heavy atom. The van der Waals surface area contributed by atoms with Gasteiger partial charge in [-0.2, -0.15) is 13.2 Å². The Kier molecular flexibility index (Phi) is 5.56. The maximum atomic E-state index is 12.6. The molecule has 20 heavy (non-hydrogen) atoms. The molecule has 1 atom stereocenters. The minimum absolute atomic E-state index is 0.0647. The molecule has 6 nitrogen and oxygen atoms in total. The number of urea groups is 1. The number of primary amides is 1. The number of hydrogen-bond acceptors (Lipinski definition) is 4. The van der Waals surface area contributed by atoms with E-state index in [1.54, 1.807) is 0 Å². The third kappa shape index (κ3) is 5.31. The van der Waals surface area contributed by atoms with Crippen LogP contribution in [0.15, 0.2) is 18.3 Å². The minimum atomic E-state index is -4.57. The van der Waals surface area contributed by atoms with Gasteiger partial charge in [-0.3, -0.25) is 0 Å². The molecule has 0 radical (unpaired) electrons. The fraction of sp³-hybridized carbons (Fsp3) is 0.455. The summed E-state index contributed by atoms with van der Waals surface area (Å²) in [6, 6.07) is 2.06. The van der Waals surface area contributed by atoms with Crippen molar-refractivity contribution in [3.05, 3.63) is 23.9 Å². The van der Waals surface area contributed by atoms with Gasteiger partial charge < -0.3 is 20.5 Å². The number of rotatable bonds is 6. The lowest BCUT2D eigenvalue weighted by atomic mass is 10.2. The first-order valence-electron chi connectivity index (χ1n) is 5.53. The van der Waals surface area contributed by atoms with Gasteiger partial charge in [0.15, 0.2) is 0 Å². The van der Waals surface area contributed by atoms with E-state index < -0.39 is 24.9 Å². The summed E-state index contributed by atoms with van der Waals surface area (Å²) in [5.41, 5.74) is 5.40. The fourth-order valence-electron chi connectivity index (χ4n) is 1.31. The van der Waals surface area contributed by atoms with Crippen molar-refractivity contribution in [1.82, 2.24) is 10.3 Å². The maximum Gasteiger partial charge on any atom is 0.427 e. The first-order chi connectivity index (χ1) is 9.32. The summed E-state index contributed by atoms with van der Waals surface area (Å²) in [6.07, 6.45) is -5.41. The van der Waals surface area contributed by atoms with Crippen LogP contribution in [0.3, 0.4) is 0 Å². The van der Waals surface area contributed by atoms with Crippen LogP contribution in [-0.2, 0) is 11.3 Å². The molecule has 0 aliphatic rings. The van der Waals surface area contributed by atoms with Crippen molar-refractivity contribution in [3.63, 3.8) is 0 Å². The van der Waals surface area contributed by atoms with Crippen LogP contribution < -0.4 is 15.8 Å². The quantitative estimate of drug-likeness (QED) is 0.825. The van der Waals surface area contributed by atoms with Gasteiger partial charge in [0, 0.05) is 25.9 Å². The largest absolute Gasteiger partial charge is 0.462 e. The van der Waals surface area contributed by atoms with Crippen molar-refractivity contribution in [2.24, 2.45) is 5.73 Å². The number of carbonyl (C=O) groups is 1. The second kappa shape index (κ2) is 6.94. The van der Waals surface area contributed by atoms with Crippen LogP contribution in [0.4, 0.5) is 18.0 Å². The van der Waals surface area contributed by atoms with Crippen molar-refractivity contribution in [3.8, 4) is 5.88 Å². The molecule has 1 heterocycles. The lowest BCUT2D eigenvalue weighted by Gasteiger charge is -2.20. The molecule has 3 N–H and O–H groups in total. The van der Waals surface area contributed by atoms with Crippen LogP contribution in [0.1, 0.15) is 5.56 Å². The van der Waals surface area contributed by atoms with Crippen LogP contribution in [-0.4, -0.2) is 37.0 Å².